The van der Waals surface area contributed by atoms with E-state index in [1.807, 2.05) is 6.92 Å². The second-order valence-electron chi connectivity index (χ2n) is 4.73. The maximum atomic E-state index is 10.1. The molecule has 0 aliphatic carbocycles. The molecule has 0 aromatic heterocycles. The SMILES string of the molecule is CC(=O)O.CC(C)(C)OC(N)=O.CCC(CN)C(=O)O. The average Bonchev–Trinajstić information content (AvgIpc) is 2.14. The Bertz CT molecular complexity index is 291. The van der Waals surface area contributed by atoms with Crippen molar-refractivity contribution in [1.82, 2.24) is 0 Å². The summed E-state index contributed by atoms with van der Waals surface area (Å²) in [4.78, 5) is 29.1. The predicted molar refractivity (Wildman–Crippen MR) is 74.2 cm³/mol. The van der Waals surface area contributed by atoms with Crippen LogP contribution in [0.2, 0.25) is 0 Å². The Hall–Kier alpha value is -1.83. The highest BCUT2D eigenvalue weighted by molar-refractivity contribution is 5.70. The Labute approximate surface area is 119 Å². The third kappa shape index (κ3) is 29.8. The highest BCUT2D eigenvalue weighted by Gasteiger charge is 2.12. The number of ether oxygens (including phenoxy) is 1. The van der Waals surface area contributed by atoms with Gasteiger partial charge in [-0.3, -0.25) is 9.59 Å². The van der Waals surface area contributed by atoms with Crippen molar-refractivity contribution in [2.75, 3.05) is 6.54 Å². The van der Waals surface area contributed by atoms with Gasteiger partial charge in [0.15, 0.2) is 0 Å². The van der Waals surface area contributed by atoms with E-state index in [1.165, 1.54) is 0 Å². The summed E-state index contributed by atoms with van der Waals surface area (Å²) in [5.74, 6) is -1.98. The van der Waals surface area contributed by atoms with Gasteiger partial charge in [-0.15, -0.1) is 0 Å². The van der Waals surface area contributed by atoms with Crippen LogP contribution in [0.3, 0.4) is 0 Å². The zero-order valence-electron chi connectivity index (χ0n) is 12.7. The largest absolute Gasteiger partial charge is 0.481 e. The lowest BCUT2D eigenvalue weighted by Gasteiger charge is -2.16. The molecule has 0 saturated heterocycles. The summed E-state index contributed by atoms with van der Waals surface area (Å²) in [7, 11) is 0. The summed E-state index contributed by atoms with van der Waals surface area (Å²) in [5.41, 5.74) is 9.37. The van der Waals surface area contributed by atoms with Crippen LogP contribution in [-0.2, 0) is 14.3 Å². The molecule has 1 amide bonds. The molecule has 20 heavy (non-hydrogen) atoms. The van der Waals surface area contributed by atoms with E-state index in [-0.39, 0.29) is 12.5 Å². The molecule has 0 radical (unpaired) electrons. The Morgan fingerprint density at radius 1 is 1.20 bits per heavy atom. The number of carboxylic acid groups (broad SMARTS) is 2. The fourth-order valence-corrected chi connectivity index (χ4v) is 0.744. The molecule has 0 aromatic carbocycles. The van der Waals surface area contributed by atoms with Crippen molar-refractivity contribution in [2.24, 2.45) is 17.4 Å². The maximum Gasteiger partial charge on any atom is 0.405 e. The molecule has 0 heterocycles. The monoisotopic (exact) mass is 294 g/mol. The van der Waals surface area contributed by atoms with Crippen LogP contribution >= 0.6 is 0 Å². The summed E-state index contributed by atoms with van der Waals surface area (Å²) in [6.45, 7) is 8.42. The van der Waals surface area contributed by atoms with Crippen molar-refractivity contribution < 1.29 is 29.3 Å². The molecule has 0 saturated carbocycles. The van der Waals surface area contributed by atoms with Crippen molar-refractivity contribution >= 4 is 18.0 Å². The van der Waals surface area contributed by atoms with Crippen LogP contribution in [0.4, 0.5) is 4.79 Å². The first kappa shape index (κ1) is 23.3. The van der Waals surface area contributed by atoms with Gasteiger partial charge in [0.05, 0.1) is 5.92 Å². The van der Waals surface area contributed by atoms with Crippen LogP contribution < -0.4 is 11.5 Å². The van der Waals surface area contributed by atoms with Gasteiger partial charge in [0.1, 0.15) is 5.60 Å². The molecule has 120 valence electrons. The van der Waals surface area contributed by atoms with E-state index in [4.69, 9.17) is 26.5 Å². The lowest BCUT2D eigenvalue weighted by Crippen LogP contribution is -2.27. The number of carboxylic acids is 2. The number of carbonyl (C=O) groups is 3. The minimum absolute atomic E-state index is 0.242. The van der Waals surface area contributed by atoms with Crippen molar-refractivity contribution in [2.45, 2.75) is 46.6 Å². The fourth-order valence-electron chi connectivity index (χ4n) is 0.744. The molecular formula is C12H26N2O6. The number of carbonyl (C=O) groups excluding carboxylic acids is 1. The van der Waals surface area contributed by atoms with Gasteiger partial charge in [0, 0.05) is 13.5 Å². The summed E-state index contributed by atoms with van der Waals surface area (Å²) in [5, 5.41) is 15.7. The quantitative estimate of drug-likeness (QED) is 0.606. The van der Waals surface area contributed by atoms with Crippen LogP contribution in [-0.4, -0.2) is 40.4 Å². The zero-order chi connectivity index (χ0) is 16.9. The van der Waals surface area contributed by atoms with E-state index in [9.17, 15) is 9.59 Å². The van der Waals surface area contributed by atoms with E-state index in [0.29, 0.717) is 6.42 Å². The van der Waals surface area contributed by atoms with Crippen LogP contribution in [0, 0.1) is 5.92 Å². The molecule has 0 aliphatic heterocycles. The highest BCUT2D eigenvalue weighted by Crippen LogP contribution is 2.04. The first-order valence-corrected chi connectivity index (χ1v) is 5.98. The Balaban J connectivity index is -0.000000230. The van der Waals surface area contributed by atoms with Crippen molar-refractivity contribution in [3.8, 4) is 0 Å². The summed E-state index contributed by atoms with van der Waals surface area (Å²) in [6, 6.07) is 0. The molecule has 0 aromatic rings. The molecule has 1 atom stereocenters. The van der Waals surface area contributed by atoms with Gasteiger partial charge in [-0.25, -0.2) is 4.79 Å². The fraction of sp³-hybridized carbons (Fsp3) is 0.750. The van der Waals surface area contributed by atoms with E-state index in [0.717, 1.165) is 6.92 Å². The number of hydrogen-bond acceptors (Lipinski definition) is 5. The van der Waals surface area contributed by atoms with Gasteiger partial charge >= 0.3 is 12.1 Å². The van der Waals surface area contributed by atoms with Crippen molar-refractivity contribution in [1.29, 1.82) is 0 Å². The Morgan fingerprint density at radius 3 is 1.55 bits per heavy atom. The molecule has 6 N–H and O–H groups in total. The Morgan fingerprint density at radius 2 is 1.55 bits per heavy atom. The lowest BCUT2D eigenvalue weighted by atomic mass is 10.1. The second kappa shape index (κ2) is 12.2. The van der Waals surface area contributed by atoms with E-state index < -0.39 is 23.6 Å². The van der Waals surface area contributed by atoms with Gasteiger partial charge in [0.2, 0.25) is 0 Å². The number of rotatable bonds is 3. The summed E-state index contributed by atoms with van der Waals surface area (Å²) in [6.07, 6.45) is -0.108. The topological polar surface area (TPSA) is 153 Å². The van der Waals surface area contributed by atoms with E-state index >= 15 is 0 Å². The van der Waals surface area contributed by atoms with Crippen molar-refractivity contribution in [3.63, 3.8) is 0 Å². The molecule has 0 spiro atoms. The molecule has 0 fully saturated rings. The summed E-state index contributed by atoms with van der Waals surface area (Å²) >= 11 is 0. The van der Waals surface area contributed by atoms with Gasteiger partial charge in [-0.1, -0.05) is 6.92 Å². The molecule has 1 unspecified atom stereocenters. The molecule has 0 bridgehead atoms. The third-order valence-electron chi connectivity index (χ3n) is 1.53. The molecule has 0 aliphatic rings. The third-order valence-corrected chi connectivity index (χ3v) is 1.53. The summed E-state index contributed by atoms with van der Waals surface area (Å²) < 4.78 is 4.58. The number of primary amides is 1. The highest BCUT2D eigenvalue weighted by atomic mass is 16.6. The number of hydrogen-bond donors (Lipinski definition) is 4. The number of aliphatic carboxylic acids is 2. The zero-order valence-corrected chi connectivity index (χ0v) is 12.7. The molecular weight excluding hydrogens is 268 g/mol. The van der Waals surface area contributed by atoms with Crippen LogP contribution in [0.5, 0.6) is 0 Å². The number of nitrogens with two attached hydrogens (primary N) is 2. The standard InChI is InChI=1S/2C5H11NO2.C2H4O2/c1-5(2,3)8-4(6)7;1-2-4(3-6)5(7)8;1-2(3)4/h1-3H3,(H2,6,7);4H,2-3,6H2,1H3,(H,7,8);1H3,(H,3,4). The molecule has 8 nitrogen and oxygen atoms in total. The minimum atomic E-state index is -0.833. The van der Waals surface area contributed by atoms with Crippen molar-refractivity contribution in [3.05, 3.63) is 0 Å². The van der Waals surface area contributed by atoms with Crippen LogP contribution in [0.15, 0.2) is 0 Å². The van der Waals surface area contributed by atoms with Gasteiger partial charge in [-0.05, 0) is 27.2 Å². The first-order chi connectivity index (χ1) is 8.87. The van der Waals surface area contributed by atoms with Gasteiger partial charge < -0.3 is 26.4 Å². The average molecular weight is 294 g/mol. The molecule has 8 heteroatoms. The van der Waals surface area contributed by atoms with E-state index in [2.05, 4.69) is 4.74 Å². The normalized spacial score (nSPS) is 10.9. The van der Waals surface area contributed by atoms with Crippen LogP contribution in [0.25, 0.3) is 0 Å². The minimum Gasteiger partial charge on any atom is -0.481 e. The smallest absolute Gasteiger partial charge is 0.405 e. The maximum absolute atomic E-state index is 10.1. The Kier molecular flexibility index (Phi) is 14.2. The second-order valence-corrected chi connectivity index (χ2v) is 4.73. The predicted octanol–water partition coefficient (Wildman–Crippen LogP) is 1.03. The lowest BCUT2D eigenvalue weighted by molar-refractivity contribution is -0.141. The number of amides is 1. The van der Waals surface area contributed by atoms with Crippen LogP contribution in [0.1, 0.15) is 41.0 Å². The first-order valence-electron chi connectivity index (χ1n) is 5.98. The van der Waals surface area contributed by atoms with Gasteiger partial charge in [-0.2, -0.15) is 0 Å². The molecule has 0 rings (SSSR count). The van der Waals surface area contributed by atoms with Gasteiger partial charge in [0.25, 0.3) is 5.97 Å². The van der Waals surface area contributed by atoms with E-state index in [1.54, 1.807) is 20.8 Å².